The van der Waals surface area contributed by atoms with Crippen molar-refractivity contribution >= 4 is 11.9 Å². The molecule has 2 atom stereocenters. The van der Waals surface area contributed by atoms with Gasteiger partial charge in [0.25, 0.3) is 0 Å². The zero-order valence-corrected chi connectivity index (χ0v) is 15.9. The molecule has 1 unspecified atom stereocenters. The minimum Gasteiger partial charge on any atom is -0.497 e. The van der Waals surface area contributed by atoms with Crippen LogP contribution in [0.1, 0.15) is 52.0 Å². The van der Waals surface area contributed by atoms with Crippen molar-refractivity contribution in [2.75, 3.05) is 20.2 Å². The third-order valence-electron chi connectivity index (χ3n) is 4.57. The molecular weight excluding hydrogens is 318 g/mol. The summed E-state index contributed by atoms with van der Waals surface area (Å²) in [5.41, 5.74) is 0.680. The molecule has 138 valence electrons. The van der Waals surface area contributed by atoms with E-state index in [0.717, 1.165) is 18.7 Å². The Labute approximate surface area is 150 Å². The fraction of sp³-hybridized carbons (Fsp3) is 0.600. The number of rotatable bonds is 4. The first-order valence-corrected chi connectivity index (χ1v) is 8.81. The first-order chi connectivity index (χ1) is 11.7. The Bertz CT molecular complexity index is 603. The SMILES string of the molecule is COc1ccc(C2CCN(C(C)=O)C[C@H]2CC(=O)OC(C)(C)C)cc1. The van der Waals surface area contributed by atoms with Gasteiger partial charge in [-0.15, -0.1) is 0 Å². The van der Waals surface area contributed by atoms with Gasteiger partial charge >= 0.3 is 5.97 Å². The van der Waals surface area contributed by atoms with Gasteiger partial charge in [-0.2, -0.15) is 0 Å². The summed E-state index contributed by atoms with van der Waals surface area (Å²) in [5.74, 6) is 0.951. The molecule has 1 fully saturated rings. The highest BCUT2D eigenvalue weighted by molar-refractivity contribution is 5.74. The van der Waals surface area contributed by atoms with Gasteiger partial charge < -0.3 is 14.4 Å². The summed E-state index contributed by atoms with van der Waals surface area (Å²) in [6.45, 7) is 8.50. The number of hydrogen-bond acceptors (Lipinski definition) is 4. The molecule has 0 aromatic heterocycles. The smallest absolute Gasteiger partial charge is 0.306 e. The van der Waals surface area contributed by atoms with Crippen molar-refractivity contribution in [1.82, 2.24) is 4.90 Å². The summed E-state index contributed by atoms with van der Waals surface area (Å²) in [4.78, 5) is 25.9. The minimum atomic E-state index is -0.498. The van der Waals surface area contributed by atoms with E-state index in [1.165, 1.54) is 5.56 Å². The van der Waals surface area contributed by atoms with Crippen LogP contribution in [0.3, 0.4) is 0 Å². The number of ether oxygens (including phenoxy) is 2. The lowest BCUT2D eigenvalue weighted by molar-refractivity contribution is -0.157. The lowest BCUT2D eigenvalue weighted by Crippen LogP contribution is -2.43. The van der Waals surface area contributed by atoms with Crippen molar-refractivity contribution in [2.24, 2.45) is 5.92 Å². The normalized spacial score (nSPS) is 20.9. The van der Waals surface area contributed by atoms with E-state index >= 15 is 0 Å². The number of esters is 1. The van der Waals surface area contributed by atoms with Crippen LogP contribution in [0.15, 0.2) is 24.3 Å². The molecule has 25 heavy (non-hydrogen) atoms. The third-order valence-corrected chi connectivity index (χ3v) is 4.57. The van der Waals surface area contributed by atoms with Crippen LogP contribution in [0.4, 0.5) is 0 Å². The molecule has 0 aliphatic carbocycles. The van der Waals surface area contributed by atoms with Gasteiger partial charge in [0.15, 0.2) is 0 Å². The molecule has 5 heteroatoms. The van der Waals surface area contributed by atoms with Gasteiger partial charge in [-0.3, -0.25) is 9.59 Å². The highest BCUT2D eigenvalue weighted by Gasteiger charge is 2.34. The number of carbonyl (C=O) groups excluding carboxylic acids is 2. The average Bonchev–Trinajstić information content (AvgIpc) is 2.53. The lowest BCUT2D eigenvalue weighted by Gasteiger charge is -2.38. The largest absolute Gasteiger partial charge is 0.497 e. The zero-order valence-electron chi connectivity index (χ0n) is 15.9. The Kier molecular flexibility index (Phi) is 6.09. The molecule has 1 aromatic carbocycles. The standard InChI is InChI=1S/C20H29NO4/c1-14(22)21-11-10-18(15-6-8-17(24-5)9-7-15)16(13-21)12-19(23)25-20(2,3)4/h6-9,16,18H,10-13H2,1-5H3/t16-,18?/m1/s1. The number of amides is 1. The van der Waals surface area contributed by atoms with Crippen molar-refractivity contribution < 1.29 is 19.1 Å². The van der Waals surface area contributed by atoms with Gasteiger partial charge in [0.1, 0.15) is 11.4 Å². The Morgan fingerprint density at radius 1 is 1.20 bits per heavy atom. The molecule has 0 bridgehead atoms. The second-order valence-electron chi connectivity index (χ2n) is 7.68. The van der Waals surface area contributed by atoms with E-state index < -0.39 is 5.60 Å². The van der Waals surface area contributed by atoms with E-state index in [9.17, 15) is 9.59 Å². The average molecular weight is 347 g/mol. The molecular formula is C20H29NO4. The Morgan fingerprint density at radius 2 is 1.84 bits per heavy atom. The number of nitrogens with zero attached hydrogens (tertiary/aromatic N) is 1. The number of likely N-dealkylation sites (tertiary alicyclic amines) is 1. The molecule has 1 saturated heterocycles. The Balaban J connectivity index is 2.16. The van der Waals surface area contributed by atoms with Crippen LogP contribution in [-0.4, -0.2) is 42.6 Å². The van der Waals surface area contributed by atoms with Crippen molar-refractivity contribution in [3.63, 3.8) is 0 Å². The number of benzene rings is 1. The molecule has 1 heterocycles. The highest BCUT2D eigenvalue weighted by Crippen LogP contribution is 2.36. The molecule has 1 aliphatic rings. The maximum Gasteiger partial charge on any atom is 0.306 e. The number of methoxy groups -OCH3 is 1. The first kappa shape index (κ1) is 19.3. The van der Waals surface area contributed by atoms with Crippen LogP contribution in [0.2, 0.25) is 0 Å². The molecule has 1 aromatic rings. The van der Waals surface area contributed by atoms with E-state index in [-0.39, 0.29) is 23.7 Å². The molecule has 0 spiro atoms. The Hall–Kier alpha value is -2.04. The number of hydrogen-bond donors (Lipinski definition) is 0. The van der Waals surface area contributed by atoms with E-state index in [0.29, 0.717) is 13.0 Å². The topological polar surface area (TPSA) is 55.8 Å². The summed E-state index contributed by atoms with van der Waals surface area (Å²) < 4.78 is 10.7. The summed E-state index contributed by atoms with van der Waals surface area (Å²) in [6.07, 6.45) is 1.16. The maximum absolute atomic E-state index is 12.3. The van der Waals surface area contributed by atoms with Crippen LogP contribution in [-0.2, 0) is 14.3 Å². The van der Waals surface area contributed by atoms with Crippen LogP contribution >= 0.6 is 0 Å². The fourth-order valence-electron chi connectivity index (χ4n) is 3.41. The molecule has 2 rings (SSSR count). The van der Waals surface area contributed by atoms with Gasteiger partial charge in [0.05, 0.1) is 13.5 Å². The summed E-state index contributed by atoms with van der Waals surface area (Å²) in [6, 6.07) is 7.98. The van der Waals surface area contributed by atoms with Gasteiger partial charge in [0, 0.05) is 20.0 Å². The monoisotopic (exact) mass is 347 g/mol. The summed E-state index contributed by atoms with van der Waals surface area (Å²) in [7, 11) is 1.64. The quantitative estimate of drug-likeness (QED) is 0.784. The van der Waals surface area contributed by atoms with Crippen molar-refractivity contribution in [2.45, 2.75) is 52.1 Å². The van der Waals surface area contributed by atoms with Gasteiger partial charge in [0.2, 0.25) is 5.91 Å². The lowest BCUT2D eigenvalue weighted by atomic mass is 9.78. The van der Waals surface area contributed by atoms with E-state index in [1.54, 1.807) is 14.0 Å². The maximum atomic E-state index is 12.3. The van der Waals surface area contributed by atoms with Crippen molar-refractivity contribution in [3.8, 4) is 5.75 Å². The van der Waals surface area contributed by atoms with E-state index in [1.807, 2.05) is 37.8 Å². The van der Waals surface area contributed by atoms with Crippen LogP contribution in [0.25, 0.3) is 0 Å². The predicted molar refractivity (Wildman–Crippen MR) is 96.6 cm³/mol. The first-order valence-electron chi connectivity index (χ1n) is 8.81. The molecule has 5 nitrogen and oxygen atoms in total. The molecule has 1 aliphatic heterocycles. The predicted octanol–water partition coefficient (Wildman–Crippen LogP) is 3.38. The van der Waals surface area contributed by atoms with Crippen molar-refractivity contribution in [1.29, 1.82) is 0 Å². The van der Waals surface area contributed by atoms with Crippen molar-refractivity contribution in [3.05, 3.63) is 29.8 Å². The third kappa shape index (κ3) is 5.48. The fourth-order valence-corrected chi connectivity index (χ4v) is 3.41. The van der Waals surface area contributed by atoms with Crippen LogP contribution in [0.5, 0.6) is 5.75 Å². The number of piperidine rings is 1. The van der Waals surface area contributed by atoms with E-state index in [4.69, 9.17) is 9.47 Å². The molecule has 0 N–H and O–H groups in total. The zero-order chi connectivity index (χ0) is 18.6. The van der Waals surface area contributed by atoms with Gasteiger partial charge in [-0.25, -0.2) is 0 Å². The highest BCUT2D eigenvalue weighted by atomic mass is 16.6. The van der Waals surface area contributed by atoms with Crippen LogP contribution < -0.4 is 4.74 Å². The second kappa shape index (κ2) is 7.89. The van der Waals surface area contributed by atoms with Gasteiger partial charge in [-0.05, 0) is 56.7 Å². The second-order valence-corrected chi connectivity index (χ2v) is 7.68. The van der Waals surface area contributed by atoms with Gasteiger partial charge in [-0.1, -0.05) is 12.1 Å². The Morgan fingerprint density at radius 3 is 2.36 bits per heavy atom. The molecule has 0 radical (unpaired) electrons. The summed E-state index contributed by atoms with van der Waals surface area (Å²) in [5, 5.41) is 0. The number of carbonyl (C=O) groups is 2. The minimum absolute atomic E-state index is 0.0564. The summed E-state index contributed by atoms with van der Waals surface area (Å²) >= 11 is 0. The van der Waals surface area contributed by atoms with E-state index in [2.05, 4.69) is 12.1 Å². The van der Waals surface area contributed by atoms with Crippen LogP contribution in [0, 0.1) is 5.92 Å². The molecule has 0 saturated carbocycles. The molecule has 1 amide bonds.